The second-order valence-electron chi connectivity index (χ2n) is 7.08. The third kappa shape index (κ3) is 5.54. The van der Waals surface area contributed by atoms with Gasteiger partial charge in [0.05, 0.1) is 24.1 Å². The van der Waals surface area contributed by atoms with Gasteiger partial charge in [0.15, 0.2) is 0 Å². The zero-order chi connectivity index (χ0) is 21.5. The van der Waals surface area contributed by atoms with Crippen molar-refractivity contribution < 1.29 is 19.2 Å². The fourth-order valence-electron chi connectivity index (χ4n) is 3.41. The maximum Gasteiger partial charge on any atom is 0.270 e. The first-order valence-corrected chi connectivity index (χ1v) is 9.67. The smallest absolute Gasteiger partial charge is 0.270 e. The first-order valence-electron chi connectivity index (χ1n) is 9.67. The molecule has 1 aliphatic heterocycles. The van der Waals surface area contributed by atoms with Crippen molar-refractivity contribution in [3.05, 3.63) is 64.2 Å². The second-order valence-corrected chi connectivity index (χ2v) is 7.08. The van der Waals surface area contributed by atoms with Crippen LogP contribution in [0.1, 0.15) is 23.2 Å². The van der Waals surface area contributed by atoms with Crippen molar-refractivity contribution in [1.29, 1.82) is 0 Å². The Hall–Kier alpha value is -3.46. The number of nitro benzene ring substituents is 1. The predicted octanol–water partition coefficient (Wildman–Crippen LogP) is 2.44. The fourth-order valence-corrected chi connectivity index (χ4v) is 3.41. The van der Waals surface area contributed by atoms with Crippen molar-refractivity contribution in [3.63, 3.8) is 0 Å². The lowest BCUT2D eigenvalue weighted by Crippen LogP contribution is -2.46. The van der Waals surface area contributed by atoms with Crippen LogP contribution in [0, 0.1) is 10.1 Å². The minimum atomic E-state index is -0.546. The minimum absolute atomic E-state index is 0.0742. The number of anilines is 1. The molecule has 1 aliphatic rings. The van der Waals surface area contributed by atoms with Crippen LogP contribution in [0.25, 0.3) is 0 Å². The van der Waals surface area contributed by atoms with Crippen LogP contribution in [0.4, 0.5) is 11.4 Å². The summed E-state index contributed by atoms with van der Waals surface area (Å²) in [7, 11) is 1.41. The Morgan fingerprint density at radius 1 is 1.17 bits per heavy atom. The summed E-state index contributed by atoms with van der Waals surface area (Å²) >= 11 is 0. The van der Waals surface area contributed by atoms with Crippen LogP contribution in [-0.2, 0) is 4.79 Å². The van der Waals surface area contributed by atoms with Gasteiger partial charge in [-0.15, -0.1) is 0 Å². The molecule has 1 fully saturated rings. The van der Waals surface area contributed by atoms with Crippen molar-refractivity contribution in [2.24, 2.45) is 0 Å². The van der Waals surface area contributed by atoms with E-state index < -0.39 is 10.8 Å². The lowest BCUT2D eigenvalue weighted by atomic mass is 10.0. The number of hydrogen-bond donors (Lipinski definition) is 2. The molecule has 9 heteroatoms. The number of methoxy groups -OCH3 is 1. The van der Waals surface area contributed by atoms with Gasteiger partial charge in [-0.05, 0) is 31.0 Å². The van der Waals surface area contributed by atoms with Crippen molar-refractivity contribution in [2.75, 3.05) is 32.1 Å². The number of nitrogens with one attached hydrogen (secondary N) is 2. The summed E-state index contributed by atoms with van der Waals surface area (Å²) in [6.07, 6.45) is 1.36. The number of carbonyl (C=O) groups is 2. The van der Waals surface area contributed by atoms with Crippen LogP contribution in [0.15, 0.2) is 48.5 Å². The Kier molecular flexibility index (Phi) is 6.97. The van der Waals surface area contributed by atoms with Crippen LogP contribution in [0.2, 0.25) is 0 Å². The number of nitro groups is 1. The molecule has 2 N–H and O–H groups in total. The van der Waals surface area contributed by atoms with Gasteiger partial charge in [-0.1, -0.05) is 18.2 Å². The van der Waals surface area contributed by atoms with E-state index in [0.717, 1.165) is 5.69 Å². The van der Waals surface area contributed by atoms with Gasteiger partial charge in [0.25, 0.3) is 11.6 Å². The van der Waals surface area contributed by atoms with Gasteiger partial charge >= 0.3 is 0 Å². The molecular formula is C21H24N4O5. The summed E-state index contributed by atoms with van der Waals surface area (Å²) in [6.45, 7) is 1.62. The number of rotatable bonds is 7. The topological polar surface area (TPSA) is 114 Å². The molecule has 2 aromatic carbocycles. The van der Waals surface area contributed by atoms with E-state index >= 15 is 0 Å². The number of amides is 2. The van der Waals surface area contributed by atoms with Crippen molar-refractivity contribution in [2.45, 2.75) is 18.9 Å². The van der Waals surface area contributed by atoms with Gasteiger partial charge in [-0.3, -0.25) is 24.6 Å². The Morgan fingerprint density at radius 2 is 1.87 bits per heavy atom. The van der Waals surface area contributed by atoms with Crippen molar-refractivity contribution in [3.8, 4) is 5.75 Å². The molecule has 30 heavy (non-hydrogen) atoms. The summed E-state index contributed by atoms with van der Waals surface area (Å²) in [5.74, 6) is -0.200. The van der Waals surface area contributed by atoms with E-state index in [2.05, 4.69) is 10.6 Å². The summed E-state index contributed by atoms with van der Waals surface area (Å²) in [5, 5.41) is 16.8. The van der Waals surface area contributed by atoms with Crippen LogP contribution in [0.5, 0.6) is 5.75 Å². The Bertz CT molecular complexity index is 911. The molecule has 3 rings (SSSR count). The lowest BCUT2D eigenvalue weighted by Gasteiger charge is -2.31. The maximum atomic E-state index is 12.6. The highest BCUT2D eigenvalue weighted by molar-refractivity contribution is 5.97. The third-order valence-electron chi connectivity index (χ3n) is 4.99. The van der Waals surface area contributed by atoms with E-state index in [-0.39, 0.29) is 35.5 Å². The average molecular weight is 412 g/mol. The highest BCUT2D eigenvalue weighted by atomic mass is 16.6. The summed E-state index contributed by atoms with van der Waals surface area (Å²) in [4.78, 5) is 37.3. The Balaban J connectivity index is 1.51. The minimum Gasteiger partial charge on any atom is -0.496 e. The number of likely N-dealkylation sites (tertiary alicyclic amines) is 1. The number of para-hydroxylation sites is 1. The van der Waals surface area contributed by atoms with Crippen LogP contribution < -0.4 is 15.4 Å². The molecule has 0 bridgehead atoms. The number of piperidine rings is 1. The van der Waals surface area contributed by atoms with E-state index in [0.29, 0.717) is 25.9 Å². The molecule has 0 unspecified atom stereocenters. The van der Waals surface area contributed by atoms with Crippen LogP contribution in [0.3, 0.4) is 0 Å². The van der Waals surface area contributed by atoms with E-state index in [1.807, 2.05) is 35.2 Å². The van der Waals surface area contributed by atoms with Crippen molar-refractivity contribution >= 4 is 23.2 Å². The van der Waals surface area contributed by atoms with Gasteiger partial charge in [-0.2, -0.15) is 0 Å². The molecule has 0 saturated carbocycles. The maximum absolute atomic E-state index is 12.6. The van der Waals surface area contributed by atoms with Crippen molar-refractivity contribution in [1.82, 2.24) is 10.2 Å². The van der Waals surface area contributed by atoms with Gasteiger partial charge in [0.2, 0.25) is 5.91 Å². The summed E-state index contributed by atoms with van der Waals surface area (Å²) in [5.41, 5.74) is 0.729. The number of carbonyl (C=O) groups excluding carboxylic acids is 2. The lowest BCUT2D eigenvalue weighted by molar-refractivity contribution is -0.384. The number of benzene rings is 2. The number of non-ortho nitro benzene ring substituents is 1. The molecule has 0 atom stereocenters. The first-order chi connectivity index (χ1) is 14.5. The molecule has 2 aromatic rings. The number of ether oxygens (including phenoxy) is 1. The second kappa shape index (κ2) is 9.84. The highest BCUT2D eigenvalue weighted by Gasteiger charge is 2.24. The monoisotopic (exact) mass is 412 g/mol. The Morgan fingerprint density at radius 3 is 2.50 bits per heavy atom. The summed E-state index contributed by atoms with van der Waals surface area (Å²) in [6, 6.07) is 13.1. The number of hydrogen-bond acceptors (Lipinski definition) is 6. The molecule has 1 saturated heterocycles. The molecule has 0 spiro atoms. The molecule has 0 aliphatic carbocycles. The van der Waals surface area contributed by atoms with Crippen LogP contribution in [-0.4, -0.2) is 54.4 Å². The Labute approximate surface area is 174 Å². The van der Waals surface area contributed by atoms with E-state index in [4.69, 9.17) is 4.74 Å². The first kappa shape index (κ1) is 21.3. The largest absolute Gasteiger partial charge is 0.496 e. The van der Waals surface area contributed by atoms with Gasteiger partial charge in [0.1, 0.15) is 5.75 Å². The zero-order valence-electron chi connectivity index (χ0n) is 16.7. The normalized spacial score (nSPS) is 14.7. The molecular weight excluding hydrogens is 388 g/mol. The standard InChI is InChI=1S/C21H24N4O5/c1-30-19-8-7-17(25(28)29)13-18(19)21(27)23-16-9-11-24(12-10-16)14-20(26)22-15-5-3-2-4-6-15/h2-8,13,16H,9-12,14H2,1H3,(H,22,26)(H,23,27). The molecule has 1 heterocycles. The summed E-state index contributed by atoms with van der Waals surface area (Å²) < 4.78 is 5.16. The average Bonchev–Trinajstić information content (AvgIpc) is 2.75. The molecule has 158 valence electrons. The molecule has 2 amide bonds. The quantitative estimate of drug-likeness (QED) is 0.533. The predicted molar refractivity (Wildman–Crippen MR) is 112 cm³/mol. The van der Waals surface area contributed by atoms with E-state index in [1.54, 1.807) is 0 Å². The zero-order valence-corrected chi connectivity index (χ0v) is 16.7. The highest BCUT2D eigenvalue weighted by Crippen LogP contribution is 2.24. The van der Waals surface area contributed by atoms with Gasteiger partial charge in [-0.25, -0.2) is 0 Å². The molecule has 9 nitrogen and oxygen atoms in total. The fraction of sp³-hybridized carbons (Fsp3) is 0.333. The van der Waals surface area contributed by atoms with Gasteiger partial charge < -0.3 is 15.4 Å². The van der Waals surface area contributed by atoms with Crippen LogP contribution >= 0.6 is 0 Å². The number of nitrogens with zero attached hydrogens (tertiary/aromatic N) is 2. The van der Waals surface area contributed by atoms with E-state index in [9.17, 15) is 19.7 Å². The van der Waals surface area contributed by atoms with E-state index in [1.165, 1.54) is 25.3 Å². The SMILES string of the molecule is COc1ccc([N+](=O)[O-])cc1C(=O)NC1CCN(CC(=O)Nc2ccccc2)CC1. The van der Waals surface area contributed by atoms with Gasteiger partial charge in [0, 0.05) is 37.0 Å². The molecule has 0 aromatic heterocycles. The molecule has 0 radical (unpaired) electrons. The third-order valence-corrected chi connectivity index (χ3v) is 4.99.